The van der Waals surface area contributed by atoms with Crippen LogP contribution in [-0.2, 0) is 36.8 Å². The van der Waals surface area contributed by atoms with Crippen molar-refractivity contribution in [2.45, 2.75) is 96.3 Å². The lowest BCUT2D eigenvalue weighted by molar-refractivity contribution is -0.149. The number of piperidine rings is 1. The van der Waals surface area contributed by atoms with Crippen LogP contribution in [0.15, 0.2) is 60.7 Å². The first-order valence-corrected chi connectivity index (χ1v) is 18.2. The quantitative estimate of drug-likeness (QED) is 0.147. The van der Waals surface area contributed by atoms with E-state index in [9.17, 15) is 24.0 Å². The zero-order valence-electron chi connectivity index (χ0n) is 33.3. The Bertz CT molecular complexity index is 1550. The fraction of sp³-hybridized carbons (Fsp3) is 0.564. The molecule has 51 heavy (non-hydrogen) atoms. The van der Waals surface area contributed by atoms with Gasteiger partial charge in [-0.15, -0.1) is 0 Å². The van der Waals surface area contributed by atoms with E-state index < -0.39 is 41.9 Å². The van der Waals surface area contributed by atoms with E-state index in [1.165, 1.54) is 0 Å². The Morgan fingerprint density at radius 2 is 1.39 bits per heavy atom. The molecule has 2 fully saturated rings. The van der Waals surface area contributed by atoms with Gasteiger partial charge in [-0.25, -0.2) is 0 Å². The molecule has 0 unspecified atom stereocenters. The normalized spacial score (nSPS) is 18.3. The summed E-state index contributed by atoms with van der Waals surface area (Å²) in [6, 6.07) is 13.0. The SMILES string of the molecule is [2H]N[C@H](Cc1ccccc1)C(=O)N([2H])[C@@H](Cc1ccccc1)C(=O)N([2H])[C@@H](CC(C)C)C(=O)N[C@@H](CCCCN)C(=O)N1CCC2(CC1)CN(C(C)=O)C2. The predicted octanol–water partition coefficient (Wildman–Crippen LogP) is 1.90. The molecule has 0 radical (unpaired) electrons. The largest absolute Gasteiger partial charge is 0.343 e. The topological polar surface area (TPSA) is 180 Å². The van der Waals surface area contributed by atoms with Crippen molar-refractivity contribution in [3.8, 4) is 0 Å². The van der Waals surface area contributed by atoms with Crippen LogP contribution in [0.5, 0.6) is 0 Å². The van der Waals surface area contributed by atoms with Gasteiger partial charge < -0.3 is 37.2 Å². The summed E-state index contributed by atoms with van der Waals surface area (Å²) < 4.78 is 25.8. The van der Waals surface area contributed by atoms with Gasteiger partial charge in [-0.3, -0.25) is 24.0 Å². The van der Waals surface area contributed by atoms with E-state index in [0.717, 1.165) is 18.4 Å². The van der Waals surface area contributed by atoms with Crippen molar-refractivity contribution in [1.82, 2.24) is 25.7 Å². The second-order valence-electron chi connectivity index (χ2n) is 14.6. The van der Waals surface area contributed by atoms with Crippen LogP contribution in [-0.4, -0.2) is 96.2 Å². The minimum atomic E-state index is -1.49. The van der Waals surface area contributed by atoms with Gasteiger partial charge >= 0.3 is 0 Å². The van der Waals surface area contributed by atoms with E-state index in [4.69, 9.17) is 9.97 Å². The molecule has 0 saturated carbocycles. The molecule has 2 heterocycles. The van der Waals surface area contributed by atoms with Crippen molar-refractivity contribution < 1.29 is 28.2 Å². The molecular weight excluding hydrogens is 646 g/mol. The van der Waals surface area contributed by atoms with Crippen LogP contribution in [0, 0.1) is 11.3 Å². The molecule has 0 bridgehead atoms. The minimum absolute atomic E-state index is 0.0108. The minimum Gasteiger partial charge on any atom is -0.343 e. The lowest BCUT2D eigenvalue weighted by atomic mass is 9.72. The first kappa shape index (κ1) is 35.1. The monoisotopic (exact) mass is 706 g/mol. The molecule has 2 aromatic rings. The Kier molecular flexibility index (Phi) is 13.0. The van der Waals surface area contributed by atoms with Crippen molar-refractivity contribution in [3.05, 3.63) is 71.8 Å². The number of rotatable bonds is 18. The summed E-state index contributed by atoms with van der Waals surface area (Å²) in [4.78, 5) is 71.4. The Labute approximate surface area is 306 Å². The molecule has 12 heteroatoms. The highest BCUT2D eigenvalue weighted by molar-refractivity contribution is 5.95. The first-order valence-electron chi connectivity index (χ1n) is 19.6. The fourth-order valence-corrected chi connectivity index (χ4v) is 6.85. The summed E-state index contributed by atoms with van der Waals surface area (Å²) in [7, 11) is 0. The third-order valence-corrected chi connectivity index (χ3v) is 9.90. The van der Waals surface area contributed by atoms with E-state index >= 15 is 0 Å². The lowest BCUT2D eigenvalue weighted by Gasteiger charge is -2.54. The molecule has 2 saturated heterocycles. The second kappa shape index (κ2) is 18.8. The van der Waals surface area contributed by atoms with Crippen LogP contribution in [0.25, 0.3) is 0 Å². The van der Waals surface area contributed by atoms with Gasteiger partial charge in [0, 0.05) is 44.9 Å². The highest BCUT2D eigenvalue weighted by Gasteiger charge is 2.47. The molecule has 12 nitrogen and oxygen atoms in total. The maximum absolute atomic E-state index is 14.3. The average molecular weight is 707 g/mol. The van der Waals surface area contributed by atoms with Crippen molar-refractivity contribution in [2.24, 2.45) is 22.8 Å². The third-order valence-electron chi connectivity index (χ3n) is 9.90. The van der Waals surface area contributed by atoms with Gasteiger partial charge in [-0.05, 0) is 68.5 Å². The van der Waals surface area contributed by atoms with E-state index in [2.05, 4.69) is 11.0 Å². The number of carbonyl (C=O) groups excluding carboxylic acids is 5. The van der Waals surface area contributed by atoms with Gasteiger partial charge in [0.2, 0.25) is 29.5 Å². The number of nitrogens with one attached hydrogen (secondary N) is 3. The Morgan fingerprint density at radius 1 is 0.804 bits per heavy atom. The van der Waals surface area contributed by atoms with E-state index in [1.807, 2.05) is 24.8 Å². The number of nitrogens with zero attached hydrogens (tertiary/aromatic N) is 2. The molecular formula is C39H57N7O5. The maximum atomic E-state index is 14.3. The summed E-state index contributed by atoms with van der Waals surface area (Å²) in [5.41, 5.74) is 9.39. The Hall–Kier alpha value is -4.29. The van der Waals surface area contributed by atoms with Crippen molar-refractivity contribution >= 4 is 29.5 Å². The number of unbranched alkanes of at least 4 members (excludes halogenated alkanes) is 1. The van der Waals surface area contributed by atoms with Gasteiger partial charge in [-0.1, -0.05) is 74.5 Å². The number of hydrogen-bond acceptors (Lipinski definition) is 7. The first-order chi connectivity index (χ1) is 25.8. The molecule has 4 rings (SSSR count). The van der Waals surface area contributed by atoms with Gasteiger partial charge in [0.05, 0.1) is 6.04 Å². The van der Waals surface area contributed by atoms with Gasteiger partial charge in [0.25, 0.3) is 0 Å². The molecule has 4 atom stereocenters. The van der Waals surface area contributed by atoms with Crippen LogP contribution in [0.1, 0.15) is 70.4 Å². The maximum Gasteiger partial charge on any atom is 0.245 e. The van der Waals surface area contributed by atoms with E-state index in [1.54, 1.807) is 66.4 Å². The number of benzene rings is 2. The summed E-state index contributed by atoms with van der Waals surface area (Å²) in [6.45, 7) is 8.07. The highest BCUT2D eigenvalue weighted by atomic mass is 16.2. The molecule has 0 aliphatic carbocycles. The zero-order valence-corrected chi connectivity index (χ0v) is 30.3. The van der Waals surface area contributed by atoms with Crippen LogP contribution in [0.4, 0.5) is 0 Å². The molecule has 7 N–H and O–H groups in total. The van der Waals surface area contributed by atoms with Crippen LogP contribution >= 0.6 is 0 Å². The van der Waals surface area contributed by atoms with Crippen molar-refractivity contribution in [3.63, 3.8) is 0 Å². The Morgan fingerprint density at radius 3 is 1.94 bits per heavy atom. The number of carbonyl (C=O) groups is 5. The van der Waals surface area contributed by atoms with E-state index in [-0.39, 0.29) is 42.4 Å². The number of hydrogen-bond donors (Lipinski definition) is 5. The zero-order chi connectivity index (χ0) is 39.4. The third kappa shape index (κ3) is 11.6. The lowest BCUT2D eigenvalue weighted by Crippen LogP contribution is -2.63. The summed E-state index contributed by atoms with van der Waals surface area (Å²) >= 11 is 0. The molecule has 5 amide bonds. The van der Waals surface area contributed by atoms with Crippen LogP contribution in [0.3, 0.4) is 0 Å². The number of nitrogens with two attached hydrogens (primary N) is 2. The second-order valence-corrected chi connectivity index (χ2v) is 14.6. The molecule has 2 aliphatic heterocycles. The molecule has 1 spiro atoms. The van der Waals surface area contributed by atoms with Crippen LogP contribution in [0.2, 0.25) is 4.24 Å². The fourth-order valence-electron chi connectivity index (χ4n) is 6.85. The molecule has 278 valence electrons. The predicted molar refractivity (Wildman–Crippen MR) is 197 cm³/mol. The van der Waals surface area contributed by atoms with Crippen molar-refractivity contribution in [2.75, 3.05) is 32.7 Å². The van der Waals surface area contributed by atoms with E-state index in [0.29, 0.717) is 68.2 Å². The number of amides is 5. The van der Waals surface area contributed by atoms with Gasteiger partial charge in [0.15, 0.2) is 2.82 Å². The van der Waals surface area contributed by atoms with Crippen LogP contribution < -0.4 is 27.4 Å². The molecule has 2 aromatic carbocycles. The average Bonchev–Trinajstić information content (AvgIpc) is 3.16. The Balaban J connectivity index is 1.53. The van der Waals surface area contributed by atoms with Gasteiger partial charge in [0.1, 0.15) is 19.5 Å². The molecule has 0 aromatic heterocycles. The summed E-state index contributed by atoms with van der Waals surface area (Å²) in [5, 5.41) is 3.96. The summed E-state index contributed by atoms with van der Waals surface area (Å²) in [5.74, 6) is -2.75. The van der Waals surface area contributed by atoms with Gasteiger partial charge in [-0.2, -0.15) is 0 Å². The standard InChI is InChI=1S/C39H57N7O5/c1-27(2)22-33(36(49)42-32(16-10-11-19-40)38(51)45-20-17-39(18-21-45)25-46(26-39)28(3)47)44-37(50)34(24-30-14-8-5-9-15-30)43-35(48)31(41)23-29-12-6-4-7-13-29/h4-9,12-15,27,31-34H,10-11,16-26,40-41H2,1-3H3,(H,42,49)(H,43,48)(H,44,50)/t31-,32+,33+,34+/m1/s1/i/hD3. The smallest absolute Gasteiger partial charge is 0.245 e. The number of likely N-dealkylation sites (tertiary alicyclic amines) is 2. The molecule has 2 aliphatic rings. The van der Waals surface area contributed by atoms with Crippen molar-refractivity contribution in [1.29, 1.82) is 0 Å². The summed E-state index contributed by atoms with van der Waals surface area (Å²) in [6.07, 6.45) is 3.16. The highest BCUT2D eigenvalue weighted by Crippen LogP contribution is 2.40.